The zero-order chi connectivity index (χ0) is 9.94. The van der Waals surface area contributed by atoms with Crippen molar-refractivity contribution >= 4 is 0 Å². The summed E-state index contributed by atoms with van der Waals surface area (Å²) in [5, 5.41) is 0. The maximum Gasteiger partial charge on any atom is -0.0199 e. The Morgan fingerprint density at radius 3 is 2.54 bits per heavy atom. The molecule has 0 aromatic carbocycles. The van der Waals surface area contributed by atoms with Gasteiger partial charge in [0, 0.05) is 0 Å². The topological polar surface area (TPSA) is 0 Å². The van der Waals surface area contributed by atoms with E-state index in [0.717, 1.165) is 12.8 Å². The fourth-order valence-electron chi connectivity index (χ4n) is 1.25. The zero-order valence-electron chi connectivity index (χ0n) is 9.00. The van der Waals surface area contributed by atoms with Gasteiger partial charge in [-0.15, -0.1) is 6.58 Å². The third-order valence-corrected chi connectivity index (χ3v) is 2.11. The molecule has 0 saturated carbocycles. The standard InChI is InChI=1S/C13H22/c1-4-7-9-11-13(6-3)12-10-8-5-2/h4,6-8,10,13H,3,5,9,11-12H2,1-2H3. The van der Waals surface area contributed by atoms with E-state index in [2.05, 4.69) is 50.8 Å². The quantitative estimate of drug-likeness (QED) is 0.503. The van der Waals surface area contributed by atoms with Crippen molar-refractivity contribution in [3.05, 3.63) is 37.0 Å². The highest BCUT2D eigenvalue weighted by atomic mass is 14.0. The van der Waals surface area contributed by atoms with Gasteiger partial charge in [0.15, 0.2) is 0 Å². The summed E-state index contributed by atoms with van der Waals surface area (Å²) in [5.41, 5.74) is 0. The van der Waals surface area contributed by atoms with Crippen LogP contribution in [0.15, 0.2) is 37.0 Å². The van der Waals surface area contributed by atoms with Crippen molar-refractivity contribution in [2.24, 2.45) is 5.92 Å². The van der Waals surface area contributed by atoms with Crippen molar-refractivity contribution in [2.45, 2.75) is 39.5 Å². The first kappa shape index (κ1) is 12.2. The molecular formula is C13H22. The molecule has 0 amide bonds. The third kappa shape index (κ3) is 7.58. The smallest absolute Gasteiger partial charge is 0.0199 e. The molecule has 0 radical (unpaired) electrons. The fourth-order valence-corrected chi connectivity index (χ4v) is 1.25. The molecule has 1 unspecified atom stereocenters. The lowest BCUT2D eigenvalue weighted by Crippen LogP contribution is -1.92. The highest BCUT2D eigenvalue weighted by Gasteiger charge is 1.99. The number of hydrogen-bond donors (Lipinski definition) is 0. The highest BCUT2D eigenvalue weighted by Crippen LogP contribution is 2.13. The molecule has 1 atom stereocenters. The van der Waals surface area contributed by atoms with Crippen molar-refractivity contribution in [2.75, 3.05) is 0 Å². The van der Waals surface area contributed by atoms with Gasteiger partial charge in [0.05, 0.1) is 0 Å². The van der Waals surface area contributed by atoms with E-state index in [4.69, 9.17) is 0 Å². The maximum atomic E-state index is 3.86. The van der Waals surface area contributed by atoms with Gasteiger partial charge in [-0.05, 0) is 38.5 Å². The minimum Gasteiger partial charge on any atom is -0.103 e. The van der Waals surface area contributed by atoms with E-state index in [0.29, 0.717) is 5.92 Å². The summed E-state index contributed by atoms with van der Waals surface area (Å²) < 4.78 is 0. The third-order valence-electron chi connectivity index (χ3n) is 2.11. The van der Waals surface area contributed by atoms with Crippen molar-refractivity contribution < 1.29 is 0 Å². The second-order valence-corrected chi connectivity index (χ2v) is 3.26. The van der Waals surface area contributed by atoms with Gasteiger partial charge >= 0.3 is 0 Å². The number of hydrogen-bond acceptors (Lipinski definition) is 0. The van der Waals surface area contributed by atoms with Gasteiger partial charge < -0.3 is 0 Å². The molecule has 0 aliphatic heterocycles. The van der Waals surface area contributed by atoms with Crippen LogP contribution in [-0.4, -0.2) is 0 Å². The summed E-state index contributed by atoms with van der Waals surface area (Å²) in [6, 6.07) is 0. The monoisotopic (exact) mass is 178 g/mol. The van der Waals surface area contributed by atoms with Crippen LogP contribution in [0.25, 0.3) is 0 Å². The van der Waals surface area contributed by atoms with E-state index >= 15 is 0 Å². The fraction of sp³-hybridized carbons (Fsp3) is 0.538. The molecule has 0 aliphatic carbocycles. The van der Waals surface area contributed by atoms with E-state index in [-0.39, 0.29) is 0 Å². The summed E-state index contributed by atoms with van der Waals surface area (Å²) in [6.45, 7) is 8.10. The normalized spacial score (nSPS) is 14.0. The minimum atomic E-state index is 0.652. The average Bonchev–Trinajstić information content (AvgIpc) is 2.16. The zero-order valence-corrected chi connectivity index (χ0v) is 9.00. The molecule has 0 bridgehead atoms. The van der Waals surface area contributed by atoms with Crippen molar-refractivity contribution in [3.8, 4) is 0 Å². The molecule has 0 nitrogen and oxygen atoms in total. The van der Waals surface area contributed by atoms with Crippen LogP contribution in [0.5, 0.6) is 0 Å². The van der Waals surface area contributed by atoms with Crippen molar-refractivity contribution in [3.63, 3.8) is 0 Å². The molecule has 0 aromatic rings. The number of allylic oxidation sites excluding steroid dienone is 5. The molecule has 0 aliphatic rings. The van der Waals surface area contributed by atoms with Gasteiger partial charge in [0.25, 0.3) is 0 Å². The Bertz CT molecular complexity index is 163. The summed E-state index contributed by atoms with van der Waals surface area (Å²) >= 11 is 0. The molecule has 13 heavy (non-hydrogen) atoms. The molecule has 0 saturated heterocycles. The van der Waals surface area contributed by atoms with Crippen LogP contribution in [0.2, 0.25) is 0 Å². The van der Waals surface area contributed by atoms with Crippen LogP contribution in [0.3, 0.4) is 0 Å². The SMILES string of the molecule is C=CC(CC=CCC)CCC=CC. The highest BCUT2D eigenvalue weighted by molar-refractivity contribution is 4.91. The first-order chi connectivity index (χ1) is 6.35. The van der Waals surface area contributed by atoms with Gasteiger partial charge in [-0.1, -0.05) is 37.3 Å². The molecule has 0 rings (SSSR count). The lowest BCUT2D eigenvalue weighted by molar-refractivity contribution is 0.607. The van der Waals surface area contributed by atoms with Gasteiger partial charge in [-0.2, -0.15) is 0 Å². The average molecular weight is 178 g/mol. The minimum absolute atomic E-state index is 0.652. The lowest BCUT2D eigenvalue weighted by atomic mass is 9.99. The Hall–Kier alpha value is -0.780. The molecular weight excluding hydrogens is 156 g/mol. The number of rotatable bonds is 7. The molecule has 0 spiro atoms. The Kier molecular flexibility index (Phi) is 8.75. The van der Waals surface area contributed by atoms with Crippen molar-refractivity contribution in [1.29, 1.82) is 0 Å². The second-order valence-electron chi connectivity index (χ2n) is 3.26. The summed E-state index contributed by atoms with van der Waals surface area (Å²) in [4.78, 5) is 0. The van der Waals surface area contributed by atoms with Crippen LogP contribution >= 0.6 is 0 Å². The Morgan fingerprint density at radius 1 is 1.23 bits per heavy atom. The van der Waals surface area contributed by atoms with E-state index in [1.807, 2.05) is 0 Å². The lowest BCUT2D eigenvalue weighted by Gasteiger charge is -2.06. The Morgan fingerprint density at radius 2 is 2.00 bits per heavy atom. The van der Waals surface area contributed by atoms with Crippen LogP contribution in [0.1, 0.15) is 39.5 Å². The molecule has 74 valence electrons. The van der Waals surface area contributed by atoms with Gasteiger partial charge in [-0.25, -0.2) is 0 Å². The van der Waals surface area contributed by atoms with Gasteiger partial charge in [0.2, 0.25) is 0 Å². The molecule has 0 fully saturated rings. The Balaban J connectivity index is 3.62. The van der Waals surface area contributed by atoms with Gasteiger partial charge in [-0.3, -0.25) is 0 Å². The molecule has 0 heterocycles. The van der Waals surface area contributed by atoms with Crippen LogP contribution < -0.4 is 0 Å². The van der Waals surface area contributed by atoms with E-state index in [1.54, 1.807) is 0 Å². The van der Waals surface area contributed by atoms with Crippen molar-refractivity contribution in [1.82, 2.24) is 0 Å². The maximum absolute atomic E-state index is 3.86. The van der Waals surface area contributed by atoms with E-state index in [9.17, 15) is 0 Å². The molecule has 0 heteroatoms. The predicted octanol–water partition coefficient (Wildman–Crippen LogP) is 4.50. The molecule has 0 N–H and O–H groups in total. The first-order valence-corrected chi connectivity index (χ1v) is 5.23. The Labute approximate surface area is 83.0 Å². The van der Waals surface area contributed by atoms with Crippen LogP contribution in [0.4, 0.5) is 0 Å². The second kappa shape index (κ2) is 9.31. The largest absolute Gasteiger partial charge is 0.103 e. The van der Waals surface area contributed by atoms with Gasteiger partial charge in [0.1, 0.15) is 0 Å². The first-order valence-electron chi connectivity index (χ1n) is 5.23. The summed E-state index contributed by atoms with van der Waals surface area (Å²) in [5.74, 6) is 0.652. The van der Waals surface area contributed by atoms with E-state index in [1.165, 1.54) is 12.8 Å². The summed E-state index contributed by atoms with van der Waals surface area (Å²) in [6.07, 6.45) is 15.6. The molecule has 0 aromatic heterocycles. The van der Waals surface area contributed by atoms with Crippen LogP contribution in [0, 0.1) is 5.92 Å². The predicted molar refractivity (Wildman–Crippen MR) is 61.8 cm³/mol. The summed E-state index contributed by atoms with van der Waals surface area (Å²) in [7, 11) is 0. The van der Waals surface area contributed by atoms with E-state index < -0.39 is 0 Å². The van der Waals surface area contributed by atoms with Crippen LogP contribution in [-0.2, 0) is 0 Å².